The molecule has 0 aliphatic carbocycles. The van der Waals surface area contributed by atoms with Crippen LogP contribution in [0.5, 0.6) is 0 Å². The Morgan fingerprint density at radius 1 is 1.60 bits per heavy atom. The van der Waals surface area contributed by atoms with E-state index in [2.05, 4.69) is 10.2 Å². The highest BCUT2D eigenvalue weighted by Crippen LogP contribution is 2.21. The molecule has 0 N–H and O–H groups in total. The minimum absolute atomic E-state index is 0.00667. The average molecular weight is 316 g/mol. The van der Waals surface area contributed by atoms with E-state index in [4.69, 9.17) is 4.74 Å². The highest BCUT2D eigenvalue weighted by Gasteiger charge is 2.29. The van der Waals surface area contributed by atoms with Gasteiger partial charge in [-0.3, -0.25) is 9.59 Å². The molecule has 2 heterocycles. The Bertz CT molecular complexity index is 494. The molecule has 1 aromatic rings. The van der Waals surface area contributed by atoms with Crippen LogP contribution in [0.15, 0.2) is 11.5 Å². The van der Waals surface area contributed by atoms with Gasteiger partial charge in [0, 0.05) is 25.9 Å². The first kappa shape index (κ1) is 15.2. The summed E-state index contributed by atoms with van der Waals surface area (Å²) in [6.45, 7) is 1.08. The molecule has 9 heteroatoms. The average Bonchev–Trinajstić information content (AvgIpc) is 2.89. The number of aromatic nitrogens is 3. The van der Waals surface area contributed by atoms with E-state index in [0.29, 0.717) is 24.0 Å². The smallest absolute Gasteiger partial charge is 0.320 e. The summed E-state index contributed by atoms with van der Waals surface area (Å²) < 4.78 is 6.49. The number of thioether (sulfide) groups is 2. The van der Waals surface area contributed by atoms with Gasteiger partial charge in [0.25, 0.3) is 0 Å². The van der Waals surface area contributed by atoms with Crippen LogP contribution < -0.4 is 0 Å². The molecule has 0 saturated carbocycles. The van der Waals surface area contributed by atoms with E-state index in [1.54, 1.807) is 15.8 Å². The topological polar surface area (TPSA) is 77.3 Å². The quantitative estimate of drug-likeness (QED) is 0.572. The number of methoxy groups -OCH3 is 1. The highest BCUT2D eigenvalue weighted by atomic mass is 32.2. The van der Waals surface area contributed by atoms with Gasteiger partial charge >= 0.3 is 5.97 Å². The number of hydrogen-bond acceptors (Lipinski definition) is 7. The third-order valence-electron chi connectivity index (χ3n) is 2.88. The van der Waals surface area contributed by atoms with Crippen molar-refractivity contribution in [1.82, 2.24) is 19.7 Å². The number of amides is 1. The molecule has 1 fully saturated rings. The van der Waals surface area contributed by atoms with E-state index < -0.39 is 0 Å². The fourth-order valence-corrected chi connectivity index (χ4v) is 3.69. The molecule has 7 nitrogen and oxygen atoms in total. The van der Waals surface area contributed by atoms with Crippen LogP contribution in [0.2, 0.25) is 0 Å². The van der Waals surface area contributed by atoms with Crippen LogP contribution in [0, 0.1) is 0 Å². The number of ether oxygens (including phenoxy) is 1. The van der Waals surface area contributed by atoms with Gasteiger partial charge in [0.1, 0.15) is 11.6 Å². The zero-order valence-electron chi connectivity index (χ0n) is 11.3. The van der Waals surface area contributed by atoms with Crippen molar-refractivity contribution < 1.29 is 14.3 Å². The lowest BCUT2D eigenvalue weighted by Gasteiger charge is -2.30. The molecule has 0 radical (unpaired) electrons. The second-order valence-corrected chi connectivity index (χ2v) is 6.49. The Labute approximate surface area is 125 Å². The zero-order chi connectivity index (χ0) is 14.5. The number of aryl methyl sites for hydroxylation is 1. The van der Waals surface area contributed by atoms with Crippen LogP contribution in [0.1, 0.15) is 0 Å². The molecule has 1 amide bonds. The lowest BCUT2D eigenvalue weighted by atomic mass is 10.3. The zero-order valence-corrected chi connectivity index (χ0v) is 12.9. The maximum Gasteiger partial charge on any atom is 0.320 e. The van der Waals surface area contributed by atoms with Crippen molar-refractivity contribution in [3.63, 3.8) is 0 Å². The predicted molar refractivity (Wildman–Crippen MR) is 76.6 cm³/mol. The Morgan fingerprint density at radius 3 is 3.05 bits per heavy atom. The molecular formula is C11H16N4O3S2. The minimum atomic E-state index is -0.280. The maximum atomic E-state index is 12.1. The summed E-state index contributed by atoms with van der Waals surface area (Å²) in [5, 5.41) is 8.10. The predicted octanol–water partition coefficient (Wildman–Crippen LogP) is 0.0242. The van der Waals surface area contributed by atoms with Crippen LogP contribution >= 0.6 is 23.5 Å². The second kappa shape index (κ2) is 6.98. The van der Waals surface area contributed by atoms with Gasteiger partial charge in [-0.25, -0.2) is 0 Å². The Hall–Kier alpha value is -1.22. The summed E-state index contributed by atoms with van der Waals surface area (Å²) in [6.07, 6.45) is 1.59. The highest BCUT2D eigenvalue weighted by molar-refractivity contribution is 8.00. The van der Waals surface area contributed by atoms with Crippen molar-refractivity contribution >= 4 is 35.4 Å². The van der Waals surface area contributed by atoms with E-state index in [1.165, 1.54) is 30.6 Å². The van der Waals surface area contributed by atoms with Crippen molar-refractivity contribution in [3.8, 4) is 0 Å². The van der Waals surface area contributed by atoms with Gasteiger partial charge in [0.15, 0.2) is 5.16 Å². The van der Waals surface area contributed by atoms with Crippen molar-refractivity contribution in [3.05, 3.63) is 6.33 Å². The molecule has 1 aromatic heterocycles. The van der Waals surface area contributed by atoms with Crippen LogP contribution in [0.3, 0.4) is 0 Å². The van der Waals surface area contributed by atoms with E-state index in [1.807, 2.05) is 7.05 Å². The summed E-state index contributed by atoms with van der Waals surface area (Å²) >= 11 is 2.88. The van der Waals surface area contributed by atoms with Crippen LogP contribution in [0.4, 0.5) is 0 Å². The fourth-order valence-electron chi connectivity index (χ4n) is 1.77. The van der Waals surface area contributed by atoms with Crippen LogP contribution in [-0.4, -0.2) is 68.5 Å². The number of rotatable bonds is 4. The molecule has 1 saturated heterocycles. The molecule has 20 heavy (non-hydrogen) atoms. The van der Waals surface area contributed by atoms with Crippen molar-refractivity contribution in [2.75, 3.05) is 31.7 Å². The summed E-state index contributed by atoms with van der Waals surface area (Å²) in [6, 6.07) is 0. The maximum absolute atomic E-state index is 12.1. The van der Waals surface area contributed by atoms with E-state index in [-0.39, 0.29) is 17.1 Å². The van der Waals surface area contributed by atoms with Gasteiger partial charge in [0.2, 0.25) is 5.91 Å². The number of carbonyl (C=O) groups is 2. The Morgan fingerprint density at radius 2 is 2.40 bits per heavy atom. The third kappa shape index (κ3) is 3.66. The summed E-state index contributed by atoms with van der Waals surface area (Å²) in [5.41, 5.74) is 0. The van der Waals surface area contributed by atoms with Gasteiger partial charge < -0.3 is 14.2 Å². The van der Waals surface area contributed by atoms with Crippen LogP contribution in [0.25, 0.3) is 0 Å². The van der Waals surface area contributed by atoms with Gasteiger partial charge in [-0.1, -0.05) is 11.8 Å². The molecule has 1 aliphatic heterocycles. The first-order chi connectivity index (χ1) is 9.61. The summed E-state index contributed by atoms with van der Waals surface area (Å²) in [7, 11) is 3.20. The van der Waals surface area contributed by atoms with Gasteiger partial charge in [-0.2, -0.15) is 0 Å². The van der Waals surface area contributed by atoms with Crippen LogP contribution in [-0.2, 0) is 21.4 Å². The largest absolute Gasteiger partial charge is 0.468 e. The minimum Gasteiger partial charge on any atom is -0.468 e. The number of nitrogens with zero attached hydrogens (tertiary/aromatic N) is 4. The number of hydrogen-bond donors (Lipinski definition) is 0. The monoisotopic (exact) mass is 316 g/mol. The first-order valence-electron chi connectivity index (χ1n) is 6.06. The lowest BCUT2D eigenvalue weighted by molar-refractivity contribution is -0.141. The number of esters is 1. The molecule has 1 atom stereocenters. The van der Waals surface area contributed by atoms with Gasteiger partial charge in [-0.15, -0.1) is 22.0 Å². The molecule has 2 rings (SSSR count). The number of carbonyl (C=O) groups excluding carboxylic acids is 2. The summed E-state index contributed by atoms with van der Waals surface area (Å²) in [4.78, 5) is 25.4. The molecule has 0 unspecified atom stereocenters. The molecule has 110 valence electrons. The second-order valence-electron chi connectivity index (χ2n) is 4.24. The summed E-state index contributed by atoms with van der Waals surface area (Å²) in [5.74, 6) is 0.784. The SMILES string of the molecule is COC(=O)[C@H]1CN(C(=O)CSc2nncn2C)CCS1. The van der Waals surface area contributed by atoms with Crippen molar-refractivity contribution in [2.45, 2.75) is 10.4 Å². The lowest BCUT2D eigenvalue weighted by Crippen LogP contribution is -2.45. The molecule has 0 bridgehead atoms. The Balaban J connectivity index is 1.86. The fraction of sp³-hybridized carbons (Fsp3) is 0.636. The molecule has 0 aromatic carbocycles. The van der Waals surface area contributed by atoms with Gasteiger partial charge in [-0.05, 0) is 0 Å². The Kier molecular flexibility index (Phi) is 5.30. The first-order valence-corrected chi connectivity index (χ1v) is 8.09. The van der Waals surface area contributed by atoms with Gasteiger partial charge in [0.05, 0.1) is 12.9 Å². The van der Waals surface area contributed by atoms with Crippen molar-refractivity contribution in [2.24, 2.45) is 7.05 Å². The van der Waals surface area contributed by atoms with E-state index in [9.17, 15) is 9.59 Å². The molecule has 0 spiro atoms. The van der Waals surface area contributed by atoms with Crippen molar-refractivity contribution in [1.29, 1.82) is 0 Å². The third-order valence-corrected chi connectivity index (χ3v) is 5.06. The van der Waals surface area contributed by atoms with E-state index in [0.717, 1.165) is 5.75 Å². The molecular weight excluding hydrogens is 300 g/mol. The standard InChI is InChI=1S/C11H16N4O3S2/c1-14-7-12-13-11(14)20-6-9(16)15-3-4-19-8(5-15)10(17)18-2/h7-8H,3-6H2,1-2H3/t8-/m1/s1. The normalized spacial score (nSPS) is 18.9. The molecule has 1 aliphatic rings. The van der Waals surface area contributed by atoms with E-state index >= 15 is 0 Å².